The maximum atomic E-state index is 11.0. The quantitative estimate of drug-likeness (QED) is 0.567. The first-order valence-corrected chi connectivity index (χ1v) is 6.93. The molecule has 5 heteroatoms. The fraction of sp³-hybridized carbons (Fsp3) is 0.846. The van der Waals surface area contributed by atoms with Gasteiger partial charge in [-0.15, -0.1) is 0 Å². The van der Waals surface area contributed by atoms with E-state index in [1.165, 1.54) is 12.8 Å². The van der Waals surface area contributed by atoms with Crippen LogP contribution in [0.5, 0.6) is 0 Å². The highest BCUT2D eigenvalue weighted by molar-refractivity contribution is 5.80. The van der Waals surface area contributed by atoms with Crippen LogP contribution in [0.1, 0.15) is 32.1 Å². The molecule has 102 valence electrons. The maximum absolute atomic E-state index is 11.0. The number of nitrogens with two attached hydrogens (primary N) is 1. The Morgan fingerprint density at radius 3 is 2.78 bits per heavy atom. The van der Waals surface area contributed by atoms with Crippen LogP contribution < -0.4 is 11.1 Å². The zero-order chi connectivity index (χ0) is 13.0. The highest BCUT2D eigenvalue weighted by Gasteiger charge is 2.25. The van der Waals surface area contributed by atoms with Gasteiger partial charge in [-0.2, -0.15) is 0 Å². The molecule has 1 aliphatic heterocycles. The van der Waals surface area contributed by atoms with E-state index < -0.39 is 0 Å². The molecule has 0 aromatic heterocycles. The zero-order valence-corrected chi connectivity index (χ0v) is 11.2. The summed E-state index contributed by atoms with van der Waals surface area (Å²) in [6.45, 7) is 2.95. The van der Waals surface area contributed by atoms with Crippen LogP contribution in [0.2, 0.25) is 0 Å². The van der Waals surface area contributed by atoms with Crippen LogP contribution in [0.3, 0.4) is 0 Å². The Kier molecular flexibility index (Phi) is 4.44. The monoisotopic (exact) mass is 252 g/mol. The van der Waals surface area contributed by atoms with Gasteiger partial charge in [-0.05, 0) is 37.5 Å². The van der Waals surface area contributed by atoms with Gasteiger partial charge in [-0.1, -0.05) is 0 Å². The molecule has 1 saturated heterocycles. The van der Waals surface area contributed by atoms with Crippen molar-refractivity contribution in [2.45, 2.75) is 32.1 Å². The van der Waals surface area contributed by atoms with Crippen molar-refractivity contribution in [1.82, 2.24) is 10.2 Å². The van der Waals surface area contributed by atoms with Gasteiger partial charge in [0.05, 0.1) is 0 Å². The third-order valence-corrected chi connectivity index (χ3v) is 3.77. The Labute approximate surface area is 109 Å². The van der Waals surface area contributed by atoms with Crippen LogP contribution in [0.4, 0.5) is 0 Å². The van der Waals surface area contributed by atoms with Crippen molar-refractivity contribution in [1.29, 1.82) is 0 Å². The number of carbonyl (C=O) groups is 1. The number of primary amides is 1. The van der Waals surface area contributed by atoms with E-state index in [0.29, 0.717) is 12.3 Å². The summed E-state index contributed by atoms with van der Waals surface area (Å²) in [5.41, 5.74) is 5.28. The van der Waals surface area contributed by atoms with Crippen molar-refractivity contribution in [3.63, 3.8) is 0 Å². The number of rotatable bonds is 4. The third-order valence-electron chi connectivity index (χ3n) is 3.77. The Bertz CT molecular complexity index is 325. The van der Waals surface area contributed by atoms with Gasteiger partial charge in [0.2, 0.25) is 5.91 Å². The molecule has 2 rings (SSSR count). The van der Waals surface area contributed by atoms with Crippen LogP contribution in [0.15, 0.2) is 4.99 Å². The van der Waals surface area contributed by atoms with Gasteiger partial charge in [0, 0.05) is 33.1 Å². The number of guanidine groups is 1. The van der Waals surface area contributed by atoms with E-state index in [9.17, 15) is 4.79 Å². The summed E-state index contributed by atoms with van der Waals surface area (Å²) in [5.74, 6) is 2.02. The fourth-order valence-corrected chi connectivity index (χ4v) is 2.60. The molecule has 1 amide bonds. The molecule has 0 aromatic carbocycles. The van der Waals surface area contributed by atoms with Gasteiger partial charge in [0.1, 0.15) is 0 Å². The molecule has 2 fully saturated rings. The SMILES string of the molecule is CN=C(NCC1CC1)N1CCCC(CC(N)=O)C1. The molecule has 0 spiro atoms. The lowest BCUT2D eigenvalue weighted by atomic mass is 9.95. The topological polar surface area (TPSA) is 70.7 Å². The number of carbonyl (C=O) groups excluding carboxylic acids is 1. The van der Waals surface area contributed by atoms with Crippen LogP contribution in [-0.2, 0) is 4.79 Å². The van der Waals surface area contributed by atoms with Crippen molar-refractivity contribution in [3.8, 4) is 0 Å². The molecule has 0 bridgehead atoms. The first-order chi connectivity index (χ1) is 8.69. The molecule has 3 N–H and O–H groups in total. The van der Waals surface area contributed by atoms with Crippen LogP contribution in [0, 0.1) is 11.8 Å². The van der Waals surface area contributed by atoms with Crippen molar-refractivity contribution in [2.75, 3.05) is 26.7 Å². The minimum atomic E-state index is -0.192. The third kappa shape index (κ3) is 3.89. The molecule has 0 radical (unpaired) electrons. The van der Waals surface area contributed by atoms with Gasteiger partial charge in [-0.3, -0.25) is 9.79 Å². The molecule has 2 aliphatic rings. The Hall–Kier alpha value is -1.26. The Balaban J connectivity index is 1.82. The lowest BCUT2D eigenvalue weighted by Gasteiger charge is -2.34. The number of aliphatic imine (C=N–C) groups is 1. The first-order valence-electron chi connectivity index (χ1n) is 6.93. The molecule has 1 aliphatic carbocycles. The van der Waals surface area contributed by atoms with Crippen LogP contribution >= 0.6 is 0 Å². The van der Waals surface area contributed by atoms with Crippen molar-refractivity contribution >= 4 is 11.9 Å². The molecular formula is C13H24N4O. The molecule has 18 heavy (non-hydrogen) atoms. The number of amides is 1. The Morgan fingerprint density at radius 2 is 2.17 bits per heavy atom. The van der Waals surface area contributed by atoms with Crippen molar-refractivity contribution < 1.29 is 4.79 Å². The molecule has 5 nitrogen and oxygen atoms in total. The van der Waals surface area contributed by atoms with E-state index >= 15 is 0 Å². The number of hydrogen-bond donors (Lipinski definition) is 2. The van der Waals surface area contributed by atoms with Gasteiger partial charge < -0.3 is 16.0 Å². The summed E-state index contributed by atoms with van der Waals surface area (Å²) >= 11 is 0. The van der Waals surface area contributed by atoms with E-state index in [4.69, 9.17) is 5.73 Å². The number of nitrogens with zero attached hydrogens (tertiary/aromatic N) is 2. The van der Waals surface area contributed by atoms with E-state index in [1.54, 1.807) is 0 Å². The second-order valence-electron chi connectivity index (χ2n) is 5.50. The predicted octanol–water partition coefficient (Wildman–Crippen LogP) is 0.559. The standard InChI is InChI=1S/C13H24N4O/c1-15-13(16-8-10-4-5-10)17-6-2-3-11(9-17)7-12(14)18/h10-11H,2-9H2,1H3,(H2,14,18)(H,15,16). The number of nitrogens with one attached hydrogen (secondary N) is 1. The summed E-state index contributed by atoms with van der Waals surface area (Å²) in [5, 5.41) is 3.43. The largest absolute Gasteiger partial charge is 0.370 e. The fourth-order valence-electron chi connectivity index (χ4n) is 2.60. The first kappa shape index (κ1) is 13.2. The molecular weight excluding hydrogens is 228 g/mol. The van der Waals surface area contributed by atoms with Crippen molar-refractivity contribution in [3.05, 3.63) is 0 Å². The highest BCUT2D eigenvalue weighted by atomic mass is 16.1. The summed E-state index contributed by atoms with van der Waals surface area (Å²) < 4.78 is 0. The second-order valence-corrected chi connectivity index (χ2v) is 5.50. The number of hydrogen-bond acceptors (Lipinski definition) is 2. The van der Waals surface area contributed by atoms with Gasteiger partial charge in [0.25, 0.3) is 0 Å². The van der Waals surface area contributed by atoms with Gasteiger partial charge >= 0.3 is 0 Å². The van der Waals surface area contributed by atoms with E-state index in [1.807, 2.05) is 7.05 Å². The van der Waals surface area contributed by atoms with Gasteiger partial charge in [-0.25, -0.2) is 0 Å². The van der Waals surface area contributed by atoms with E-state index in [0.717, 1.165) is 44.4 Å². The minimum Gasteiger partial charge on any atom is -0.370 e. The Morgan fingerprint density at radius 1 is 1.39 bits per heavy atom. The van der Waals surface area contributed by atoms with Crippen LogP contribution in [0.25, 0.3) is 0 Å². The summed E-state index contributed by atoms with van der Waals surface area (Å²) in [4.78, 5) is 17.6. The average Bonchev–Trinajstić information content (AvgIpc) is 3.13. The highest BCUT2D eigenvalue weighted by Crippen LogP contribution is 2.27. The number of piperidine rings is 1. The normalized spacial score (nSPS) is 25.1. The molecule has 1 heterocycles. The van der Waals surface area contributed by atoms with Gasteiger partial charge in [0.15, 0.2) is 5.96 Å². The minimum absolute atomic E-state index is 0.192. The summed E-state index contributed by atoms with van der Waals surface area (Å²) in [6, 6.07) is 0. The number of likely N-dealkylation sites (tertiary alicyclic amines) is 1. The smallest absolute Gasteiger partial charge is 0.217 e. The second kappa shape index (κ2) is 6.07. The van der Waals surface area contributed by atoms with E-state index in [-0.39, 0.29) is 5.91 Å². The lowest BCUT2D eigenvalue weighted by molar-refractivity contribution is -0.119. The van der Waals surface area contributed by atoms with Crippen molar-refractivity contribution in [2.24, 2.45) is 22.6 Å². The zero-order valence-electron chi connectivity index (χ0n) is 11.2. The van der Waals surface area contributed by atoms with E-state index in [2.05, 4.69) is 15.2 Å². The lowest BCUT2D eigenvalue weighted by Crippen LogP contribution is -2.47. The maximum Gasteiger partial charge on any atom is 0.217 e. The van der Waals surface area contributed by atoms with Crippen LogP contribution in [-0.4, -0.2) is 43.4 Å². The molecule has 1 unspecified atom stereocenters. The average molecular weight is 252 g/mol. The summed E-state index contributed by atoms with van der Waals surface area (Å²) in [7, 11) is 1.83. The molecule has 1 atom stereocenters. The summed E-state index contributed by atoms with van der Waals surface area (Å²) in [6.07, 6.45) is 5.39. The predicted molar refractivity (Wildman–Crippen MR) is 72.2 cm³/mol. The molecule has 1 saturated carbocycles. The molecule has 0 aromatic rings.